The van der Waals surface area contributed by atoms with Crippen LogP contribution in [0.4, 0.5) is 0 Å². The predicted molar refractivity (Wildman–Crippen MR) is 67.9 cm³/mol. The summed E-state index contributed by atoms with van der Waals surface area (Å²) in [4.78, 5) is 23.4. The Morgan fingerprint density at radius 1 is 1.28 bits per heavy atom. The third kappa shape index (κ3) is 3.34. The molecule has 0 spiro atoms. The second-order valence-electron chi connectivity index (χ2n) is 5.29. The van der Waals surface area contributed by atoms with Gasteiger partial charge in [-0.25, -0.2) is 4.79 Å². The number of rotatable bonds is 4. The van der Waals surface area contributed by atoms with Crippen LogP contribution in [0.2, 0.25) is 0 Å². The van der Waals surface area contributed by atoms with Gasteiger partial charge >= 0.3 is 5.97 Å². The van der Waals surface area contributed by atoms with Gasteiger partial charge in [0.25, 0.3) is 0 Å². The van der Waals surface area contributed by atoms with Crippen LogP contribution >= 0.6 is 0 Å². The Balaban J connectivity index is 2.93. The number of Topliss-reactive ketones (excluding diaryl/α,β-unsaturated/α-hetero) is 1. The standard InChI is InChI=1S/C14H22O4/c1-14(2,9-12(17-3)13(16)18-4)10-7-5-6-8-11(10)15/h9-10H,5-8H2,1-4H3/b12-9+. The first-order chi connectivity index (χ1) is 8.42. The molecule has 1 fully saturated rings. The summed E-state index contributed by atoms with van der Waals surface area (Å²) >= 11 is 0. The number of ketones is 1. The Hall–Kier alpha value is -1.32. The van der Waals surface area contributed by atoms with Crippen molar-refractivity contribution in [2.75, 3.05) is 14.2 Å². The van der Waals surface area contributed by atoms with Gasteiger partial charge in [0.05, 0.1) is 14.2 Å². The first-order valence-corrected chi connectivity index (χ1v) is 6.30. The normalized spacial score (nSPS) is 21.7. The van der Waals surface area contributed by atoms with Gasteiger partial charge in [-0.2, -0.15) is 0 Å². The third-order valence-electron chi connectivity index (χ3n) is 3.56. The SMILES string of the molecule is COC(=O)/C(=C\C(C)(C)C1CCCCC1=O)OC. The molecule has 1 atom stereocenters. The molecular formula is C14H22O4. The van der Waals surface area contributed by atoms with Crippen molar-refractivity contribution in [3.8, 4) is 0 Å². The molecule has 1 aliphatic rings. The predicted octanol–water partition coefficient (Wildman–Crippen LogP) is 2.48. The molecule has 1 unspecified atom stereocenters. The van der Waals surface area contributed by atoms with Crippen molar-refractivity contribution in [2.24, 2.45) is 11.3 Å². The van der Waals surface area contributed by atoms with Crippen LogP contribution < -0.4 is 0 Å². The van der Waals surface area contributed by atoms with E-state index in [1.807, 2.05) is 13.8 Å². The lowest BCUT2D eigenvalue weighted by molar-refractivity contribution is -0.140. The first-order valence-electron chi connectivity index (χ1n) is 6.30. The van der Waals surface area contributed by atoms with Crippen LogP contribution in [0.3, 0.4) is 0 Å². The number of hydrogen-bond acceptors (Lipinski definition) is 4. The minimum Gasteiger partial charge on any atom is -0.490 e. The van der Waals surface area contributed by atoms with Gasteiger partial charge in [0, 0.05) is 12.3 Å². The number of esters is 1. The lowest BCUT2D eigenvalue weighted by Crippen LogP contribution is -2.32. The first kappa shape index (κ1) is 14.7. The summed E-state index contributed by atoms with van der Waals surface area (Å²) in [6.07, 6.45) is 5.27. The Labute approximate surface area is 108 Å². The monoisotopic (exact) mass is 254 g/mol. The zero-order valence-electron chi connectivity index (χ0n) is 11.6. The van der Waals surface area contributed by atoms with E-state index in [1.54, 1.807) is 6.08 Å². The average Bonchev–Trinajstić information content (AvgIpc) is 2.35. The van der Waals surface area contributed by atoms with Gasteiger partial charge in [0.1, 0.15) is 5.78 Å². The second kappa shape index (κ2) is 6.03. The second-order valence-corrected chi connectivity index (χ2v) is 5.29. The van der Waals surface area contributed by atoms with Gasteiger partial charge in [-0.15, -0.1) is 0 Å². The molecule has 0 aromatic heterocycles. The highest BCUT2D eigenvalue weighted by atomic mass is 16.6. The van der Waals surface area contributed by atoms with Crippen LogP contribution in [0.25, 0.3) is 0 Å². The maximum atomic E-state index is 12.0. The van der Waals surface area contributed by atoms with Crippen molar-refractivity contribution in [1.82, 2.24) is 0 Å². The Morgan fingerprint density at radius 2 is 1.94 bits per heavy atom. The van der Waals surface area contributed by atoms with Crippen molar-refractivity contribution in [3.05, 3.63) is 11.8 Å². The van der Waals surface area contributed by atoms with Crippen LogP contribution in [0, 0.1) is 11.3 Å². The van der Waals surface area contributed by atoms with E-state index in [9.17, 15) is 9.59 Å². The maximum absolute atomic E-state index is 12.0. The molecule has 0 aromatic rings. The van der Waals surface area contributed by atoms with Crippen molar-refractivity contribution >= 4 is 11.8 Å². The van der Waals surface area contributed by atoms with Crippen LogP contribution in [0.1, 0.15) is 39.5 Å². The van der Waals surface area contributed by atoms with E-state index in [2.05, 4.69) is 4.74 Å². The van der Waals surface area contributed by atoms with Gasteiger partial charge in [-0.1, -0.05) is 20.3 Å². The summed E-state index contributed by atoms with van der Waals surface area (Å²) in [6.45, 7) is 3.92. The summed E-state index contributed by atoms with van der Waals surface area (Å²) in [5.41, 5.74) is -0.392. The van der Waals surface area contributed by atoms with E-state index in [-0.39, 0.29) is 17.5 Å². The Kier molecular flexibility index (Phi) is 4.93. The third-order valence-corrected chi connectivity index (χ3v) is 3.56. The number of allylic oxidation sites excluding steroid dienone is 1. The lowest BCUT2D eigenvalue weighted by Gasteiger charge is -2.33. The van der Waals surface area contributed by atoms with E-state index in [1.165, 1.54) is 14.2 Å². The largest absolute Gasteiger partial charge is 0.490 e. The molecule has 0 amide bonds. The summed E-state index contributed by atoms with van der Waals surface area (Å²) in [5.74, 6) is -0.0985. The number of hydrogen-bond donors (Lipinski definition) is 0. The molecule has 4 nitrogen and oxygen atoms in total. The van der Waals surface area contributed by atoms with Crippen molar-refractivity contribution in [1.29, 1.82) is 0 Å². The molecule has 0 aromatic carbocycles. The fourth-order valence-electron chi connectivity index (χ4n) is 2.51. The average molecular weight is 254 g/mol. The zero-order valence-corrected chi connectivity index (χ0v) is 11.6. The topological polar surface area (TPSA) is 52.6 Å². The Bertz CT molecular complexity index is 355. The van der Waals surface area contributed by atoms with Gasteiger partial charge in [0.15, 0.2) is 0 Å². The molecule has 1 saturated carbocycles. The molecule has 0 radical (unpaired) electrons. The van der Waals surface area contributed by atoms with E-state index in [0.29, 0.717) is 6.42 Å². The molecule has 1 rings (SSSR count). The van der Waals surface area contributed by atoms with Gasteiger partial charge in [0.2, 0.25) is 5.76 Å². The van der Waals surface area contributed by atoms with E-state index < -0.39 is 11.4 Å². The van der Waals surface area contributed by atoms with Gasteiger partial charge in [-0.05, 0) is 24.3 Å². The molecule has 0 N–H and O–H groups in total. The smallest absolute Gasteiger partial charge is 0.372 e. The van der Waals surface area contributed by atoms with E-state index >= 15 is 0 Å². The number of methoxy groups -OCH3 is 2. The van der Waals surface area contributed by atoms with Crippen molar-refractivity contribution in [3.63, 3.8) is 0 Å². The molecule has 0 saturated heterocycles. The maximum Gasteiger partial charge on any atom is 0.372 e. The minimum atomic E-state index is -0.506. The fraction of sp³-hybridized carbons (Fsp3) is 0.714. The highest BCUT2D eigenvalue weighted by molar-refractivity contribution is 5.87. The summed E-state index contributed by atoms with van der Waals surface area (Å²) in [5, 5.41) is 0. The van der Waals surface area contributed by atoms with E-state index in [0.717, 1.165) is 19.3 Å². The number of ether oxygens (including phenoxy) is 2. The van der Waals surface area contributed by atoms with Gasteiger partial charge < -0.3 is 9.47 Å². The molecule has 18 heavy (non-hydrogen) atoms. The number of carbonyl (C=O) groups is 2. The molecule has 0 aliphatic heterocycles. The number of carbonyl (C=O) groups excluding carboxylic acids is 2. The molecule has 0 heterocycles. The zero-order chi connectivity index (χ0) is 13.8. The molecule has 4 heteroatoms. The fourth-order valence-corrected chi connectivity index (χ4v) is 2.51. The molecular weight excluding hydrogens is 232 g/mol. The highest BCUT2D eigenvalue weighted by Gasteiger charge is 2.36. The summed E-state index contributed by atoms with van der Waals surface area (Å²) in [7, 11) is 2.75. The van der Waals surface area contributed by atoms with Crippen LogP contribution in [0.5, 0.6) is 0 Å². The van der Waals surface area contributed by atoms with Gasteiger partial charge in [-0.3, -0.25) is 4.79 Å². The highest BCUT2D eigenvalue weighted by Crippen LogP contribution is 2.38. The Morgan fingerprint density at radius 3 is 2.44 bits per heavy atom. The molecule has 0 bridgehead atoms. The van der Waals surface area contributed by atoms with Crippen LogP contribution in [-0.2, 0) is 19.1 Å². The summed E-state index contributed by atoms with van der Waals surface area (Å²) < 4.78 is 9.69. The molecule has 102 valence electrons. The summed E-state index contributed by atoms with van der Waals surface area (Å²) in [6, 6.07) is 0. The quantitative estimate of drug-likeness (QED) is 0.439. The van der Waals surface area contributed by atoms with Crippen molar-refractivity contribution in [2.45, 2.75) is 39.5 Å². The minimum absolute atomic E-state index is 0.0407. The van der Waals surface area contributed by atoms with Crippen LogP contribution in [-0.4, -0.2) is 26.0 Å². The molecule has 1 aliphatic carbocycles. The van der Waals surface area contributed by atoms with Crippen LogP contribution in [0.15, 0.2) is 11.8 Å². The van der Waals surface area contributed by atoms with Crippen molar-refractivity contribution < 1.29 is 19.1 Å². The lowest BCUT2D eigenvalue weighted by atomic mass is 9.70. The van der Waals surface area contributed by atoms with E-state index in [4.69, 9.17) is 4.74 Å².